The van der Waals surface area contributed by atoms with Crippen molar-refractivity contribution >= 4 is 33.2 Å². The van der Waals surface area contributed by atoms with Crippen molar-refractivity contribution in [1.29, 1.82) is 0 Å². The van der Waals surface area contributed by atoms with E-state index < -0.39 is 0 Å². The molecule has 2 aromatic carbocycles. The summed E-state index contributed by atoms with van der Waals surface area (Å²) < 4.78 is 1.09. The van der Waals surface area contributed by atoms with Crippen LogP contribution in [-0.2, 0) is 13.0 Å². The molecule has 0 aliphatic heterocycles. The molecule has 0 unspecified atom stereocenters. The molecule has 20 heavy (non-hydrogen) atoms. The van der Waals surface area contributed by atoms with Crippen LogP contribution in [0.5, 0.6) is 0 Å². The third kappa shape index (κ3) is 3.75. The van der Waals surface area contributed by atoms with Crippen LogP contribution < -0.4 is 10.6 Å². The topological polar surface area (TPSA) is 29.3 Å². The van der Waals surface area contributed by atoms with Gasteiger partial charge in [-0.25, -0.2) is 0 Å². The van der Waals surface area contributed by atoms with Crippen LogP contribution in [0, 0.1) is 0 Å². The largest absolute Gasteiger partial charge is 0.370 e. The summed E-state index contributed by atoms with van der Waals surface area (Å²) in [5.74, 6) is 0. The van der Waals surface area contributed by atoms with Crippen LogP contribution in [0.2, 0.25) is 5.02 Å². The van der Waals surface area contributed by atoms with Gasteiger partial charge in [0.05, 0.1) is 0 Å². The maximum absolute atomic E-state index is 6.29. The lowest BCUT2D eigenvalue weighted by Crippen LogP contribution is -2.19. The summed E-state index contributed by atoms with van der Waals surface area (Å²) in [5.41, 5.74) is 9.21. The molecule has 0 bridgehead atoms. The molecule has 0 aromatic heterocycles. The Morgan fingerprint density at radius 2 is 1.85 bits per heavy atom. The number of anilines is 1. The quantitative estimate of drug-likeness (QED) is 0.871. The molecule has 0 aliphatic rings. The van der Waals surface area contributed by atoms with Gasteiger partial charge in [-0.1, -0.05) is 45.7 Å². The lowest BCUT2D eigenvalue weighted by atomic mass is 10.1. The van der Waals surface area contributed by atoms with Gasteiger partial charge in [0.25, 0.3) is 0 Å². The van der Waals surface area contributed by atoms with Crippen LogP contribution >= 0.6 is 27.5 Å². The maximum Gasteiger partial charge on any atom is 0.0459 e. The monoisotopic (exact) mass is 352 g/mol. The van der Waals surface area contributed by atoms with Gasteiger partial charge in [0.15, 0.2) is 0 Å². The van der Waals surface area contributed by atoms with Crippen molar-refractivity contribution in [2.75, 3.05) is 18.5 Å². The molecule has 0 fully saturated rings. The number of hydrogen-bond donors (Lipinski definition) is 1. The summed E-state index contributed by atoms with van der Waals surface area (Å²) in [4.78, 5) is 2.21. The van der Waals surface area contributed by atoms with E-state index in [1.165, 1.54) is 5.56 Å². The number of benzene rings is 2. The van der Waals surface area contributed by atoms with Crippen molar-refractivity contribution < 1.29 is 0 Å². The fourth-order valence-corrected chi connectivity index (χ4v) is 2.77. The molecule has 0 atom stereocenters. The van der Waals surface area contributed by atoms with Gasteiger partial charge in [-0.2, -0.15) is 0 Å². The van der Waals surface area contributed by atoms with Gasteiger partial charge in [0.1, 0.15) is 0 Å². The van der Waals surface area contributed by atoms with E-state index in [2.05, 4.69) is 58.2 Å². The summed E-state index contributed by atoms with van der Waals surface area (Å²) >= 11 is 9.74. The SMILES string of the molecule is CN(Cc1ccc(Br)cc1)c1cccc(Cl)c1CCN. The predicted molar refractivity (Wildman–Crippen MR) is 90.5 cm³/mol. The first-order valence-corrected chi connectivity index (χ1v) is 7.72. The molecule has 0 saturated heterocycles. The van der Waals surface area contributed by atoms with E-state index in [4.69, 9.17) is 17.3 Å². The number of halogens is 2. The zero-order valence-corrected chi connectivity index (χ0v) is 13.8. The normalized spacial score (nSPS) is 10.6. The molecular weight excluding hydrogens is 336 g/mol. The van der Waals surface area contributed by atoms with Crippen molar-refractivity contribution in [3.63, 3.8) is 0 Å². The Morgan fingerprint density at radius 1 is 1.15 bits per heavy atom. The molecule has 2 aromatic rings. The maximum atomic E-state index is 6.29. The first-order chi connectivity index (χ1) is 9.61. The van der Waals surface area contributed by atoms with Crippen molar-refractivity contribution in [2.45, 2.75) is 13.0 Å². The Morgan fingerprint density at radius 3 is 2.50 bits per heavy atom. The Hall–Kier alpha value is -1.03. The third-order valence-corrected chi connectivity index (χ3v) is 4.12. The Kier molecular flexibility index (Phi) is 5.46. The second-order valence-corrected chi connectivity index (χ2v) is 6.08. The third-order valence-electron chi connectivity index (χ3n) is 3.23. The standard InChI is InChI=1S/C16H18BrClN2/c1-20(11-12-5-7-13(17)8-6-12)16-4-2-3-15(18)14(16)9-10-19/h2-8H,9-11,19H2,1H3. The van der Waals surface area contributed by atoms with Crippen LogP contribution in [0.25, 0.3) is 0 Å². The fourth-order valence-electron chi connectivity index (χ4n) is 2.25. The van der Waals surface area contributed by atoms with Gasteiger partial charge in [0.2, 0.25) is 0 Å². The van der Waals surface area contributed by atoms with E-state index >= 15 is 0 Å². The Labute approximate surface area is 133 Å². The summed E-state index contributed by atoms with van der Waals surface area (Å²) in [6.45, 7) is 1.44. The van der Waals surface area contributed by atoms with E-state index in [1.54, 1.807) is 0 Å². The molecular formula is C16H18BrClN2. The van der Waals surface area contributed by atoms with Crippen LogP contribution in [0.1, 0.15) is 11.1 Å². The number of rotatable bonds is 5. The highest BCUT2D eigenvalue weighted by Crippen LogP contribution is 2.28. The number of hydrogen-bond acceptors (Lipinski definition) is 2. The molecule has 2 rings (SSSR count). The van der Waals surface area contributed by atoms with Gasteiger partial charge >= 0.3 is 0 Å². The lowest BCUT2D eigenvalue weighted by molar-refractivity contribution is 0.892. The first kappa shape index (κ1) is 15.4. The molecule has 0 saturated carbocycles. The number of nitrogens with zero attached hydrogens (tertiary/aromatic N) is 1. The molecule has 0 radical (unpaired) electrons. The summed E-state index contributed by atoms with van der Waals surface area (Å²) in [6.07, 6.45) is 0.791. The first-order valence-electron chi connectivity index (χ1n) is 6.55. The highest BCUT2D eigenvalue weighted by molar-refractivity contribution is 9.10. The zero-order valence-electron chi connectivity index (χ0n) is 11.4. The van der Waals surface area contributed by atoms with Crippen LogP contribution in [0.4, 0.5) is 5.69 Å². The molecule has 0 aliphatic carbocycles. The van der Waals surface area contributed by atoms with Crippen molar-refractivity contribution in [2.24, 2.45) is 5.73 Å². The second-order valence-electron chi connectivity index (χ2n) is 4.76. The molecule has 0 spiro atoms. The Balaban J connectivity index is 2.22. The zero-order chi connectivity index (χ0) is 14.5. The highest BCUT2D eigenvalue weighted by Gasteiger charge is 2.10. The summed E-state index contributed by atoms with van der Waals surface area (Å²) in [7, 11) is 2.08. The van der Waals surface area contributed by atoms with Gasteiger partial charge in [0, 0.05) is 28.8 Å². The molecule has 2 nitrogen and oxygen atoms in total. The minimum Gasteiger partial charge on any atom is -0.370 e. The van der Waals surface area contributed by atoms with Gasteiger partial charge in [-0.15, -0.1) is 0 Å². The van der Waals surface area contributed by atoms with E-state index in [1.807, 2.05) is 12.1 Å². The van der Waals surface area contributed by atoms with Gasteiger partial charge < -0.3 is 10.6 Å². The Bertz CT molecular complexity index is 569. The molecule has 0 heterocycles. The van der Waals surface area contributed by atoms with Crippen molar-refractivity contribution in [3.8, 4) is 0 Å². The minimum absolute atomic E-state index is 0.600. The van der Waals surface area contributed by atoms with E-state index in [0.717, 1.165) is 33.7 Å². The van der Waals surface area contributed by atoms with Crippen LogP contribution in [0.15, 0.2) is 46.9 Å². The summed E-state index contributed by atoms with van der Waals surface area (Å²) in [5, 5.41) is 0.788. The highest BCUT2D eigenvalue weighted by atomic mass is 79.9. The van der Waals surface area contributed by atoms with Gasteiger partial charge in [-0.3, -0.25) is 0 Å². The predicted octanol–water partition coefficient (Wildman–Crippen LogP) is 4.24. The van der Waals surface area contributed by atoms with E-state index in [-0.39, 0.29) is 0 Å². The smallest absolute Gasteiger partial charge is 0.0459 e. The van der Waals surface area contributed by atoms with E-state index in [0.29, 0.717) is 6.54 Å². The van der Waals surface area contributed by atoms with Crippen LogP contribution in [-0.4, -0.2) is 13.6 Å². The van der Waals surface area contributed by atoms with Crippen molar-refractivity contribution in [3.05, 3.63) is 63.1 Å². The molecule has 4 heteroatoms. The number of nitrogens with two attached hydrogens (primary N) is 1. The molecule has 0 amide bonds. The van der Waals surface area contributed by atoms with Crippen molar-refractivity contribution in [1.82, 2.24) is 0 Å². The summed E-state index contributed by atoms with van der Waals surface area (Å²) in [6, 6.07) is 14.3. The molecule has 106 valence electrons. The lowest BCUT2D eigenvalue weighted by Gasteiger charge is -2.23. The average molecular weight is 354 g/mol. The van der Waals surface area contributed by atoms with Crippen LogP contribution in [0.3, 0.4) is 0 Å². The fraction of sp³-hybridized carbons (Fsp3) is 0.250. The van der Waals surface area contributed by atoms with E-state index in [9.17, 15) is 0 Å². The van der Waals surface area contributed by atoms with Gasteiger partial charge in [-0.05, 0) is 48.4 Å². The minimum atomic E-state index is 0.600. The molecule has 2 N–H and O–H groups in total. The second kappa shape index (κ2) is 7.11. The average Bonchev–Trinajstić information content (AvgIpc) is 2.43.